The summed E-state index contributed by atoms with van der Waals surface area (Å²) >= 11 is 0. The molecule has 0 atom stereocenters. The van der Waals surface area contributed by atoms with Crippen LogP contribution in [-0.4, -0.2) is 35.5 Å². The van der Waals surface area contributed by atoms with Gasteiger partial charge in [0, 0.05) is 19.4 Å². The van der Waals surface area contributed by atoms with E-state index in [4.69, 9.17) is 10.8 Å². The fraction of sp³-hybridized carbons (Fsp3) is 0.556. The van der Waals surface area contributed by atoms with Crippen LogP contribution in [0.1, 0.15) is 25.7 Å². The molecular formula is C9H15N3O5. The highest BCUT2D eigenvalue weighted by Crippen LogP contribution is 1.88. The Labute approximate surface area is 97.5 Å². The first-order valence-electron chi connectivity index (χ1n) is 4.99. The zero-order chi connectivity index (χ0) is 13.3. The van der Waals surface area contributed by atoms with Gasteiger partial charge in [0.25, 0.3) is 0 Å². The Balaban J connectivity index is 3.60. The second-order valence-corrected chi connectivity index (χ2v) is 3.27. The van der Waals surface area contributed by atoms with E-state index < -0.39 is 23.8 Å². The van der Waals surface area contributed by atoms with Gasteiger partial charge in [-0.2, -0.15) is 0 Å². The molecule has 8 heteroatoms. The summed E-state index contributed by atoms with van der Waals surface area (Å²) in [6, 6.07) is -0.718. The van der Waals surface area contributed by atoms with E-state index in [2.05, 4.69) is 5.32 Å². The molecule has 0 fully saturated rings. The van der Waals surface area contributed by atoms with Crippen LogP contribution in [0.3, 0.4) is 0 Å². The number of nitrogens with two attached hydrogens (primary N) is 1. The maximum absolute atomic E-state index is 11.0. The molecule has 0 spiro atoms. The number of carboxylic acid groups (broad SMARTS) is 1. The summed E-state index contributed by atoms with van der Waals surface area (Å²) in [6.45, 7) is 0.209. The van der Waals surface area contributed by atoms with Gasteiger partial charge in [-0.05, 0) is 6.42 Å². The number of carbonyl (C=O) groups excluding carboxylic acids is 3. The number of hydrogen-bond donors (Lipinski definition) is 4. The molecule has 0 unspecified atom stereocenters. The Morgan fingerprint density at radius 1 is 1.06 bits per heavy atom. The molecule has 8 nitrogen and oxygen atoms in total. The minimum atomic E-state index is -1.11. The fourth-order valence-electron chi connectivity index (χ4n) is 0.918. The van der Waals surface area contributed by atoms with Crippen LogP contribution in [0, 0.1) is 0 Å². The van der Waals surface area contributed by atoms with Crippen LogP contribution in [0.15, 0.2) is 0 Å². The van der Waals surface area contributed by atoms with E-state index in [0.29, 0.717) is 6.42 Å². The smallest absolute Gasteiger partial charge is 0.321 e. The summed E-state index contributed by atoms with van der Waals surface area (Å²) in [5.74, 6) is -2.24. The average Bonchev–Trinajstić information content (AvgIpc) is 2.21. The number of imide groups is 1. The number of carboxylic acids is 1. The lowest BCUT2D eigenvalue weighted by Crippen LogP contribution is -2.40. The van der Waals surface area contributed by atoms with Gasteiger partial charge in [-0.15, -0.1) is 0 Å². The molecule has 0 aliphatic heterocycles. The van der Waals surface area contributed by atoms with Crippen LogP contribution in [0.4, 0.5) is 4.79 Å². The van der Waals surface area contributed by atoms with E-state index >= 15 is 0 Å². The van der Waals surface area contributed by atoms with Crippen molar-refractivity contribution < 1.29 is 24.3 Å². The summed E-state index contributed by atoms with van der Waals surface area (Å²) < 4.78 is 0. The summed E-state index contributed by atoms with van der Waals surface area (Å²) in [6.07, 6.45) is -0.0653. The van der Waals surface area contributed by atoms with Crippen LogP contribution in [0.2, 0.25) is 0 Å². The summed E-state index contributed by atoms with van der Waals surface area (Å²) in [4.78, 5) is 42.5. The van der Waals surface area contributed by atoms with Crippen LogP contribution >= 0.6 is 0 Å². The van der Waals surface area contributed by atoms with Crippen LogP contribution < -0.4 is 16.4 Å². The normalized spacial score (nSPS) is 9.41. The minimum Gasteiger partial charge on any atom is -0.481 e. The zero-order valence-corrected chi connectivity index (χ0v) is 9.19. The predicted octanol–water partition coefficient (Wildman–Crippen LogP) is -1.06. The maximum Gasteiger partial charge on any atom is 0.321 e. The Hall–Kier alpha value is -2.12. The van der Waals surface area contributed by atoms with Crippen LogP contribution in [0.25, 0.3) is 0 Å². The lowest BCUT2D eigenvalue weighted by Gasteiger charge is -2.05. The first kappa shape index (κ1) is 14.9. The molecule has 17 heavy (non-hydrogen) atoms. The zero-order valence-electron chi connectivity index (χ0n) is 9.19. The first-order valence-corrected chi connectivity index (χ1v) is 4.99. The van der Waals surface area contributed by atoms with Crippen molar-refractivity contribution in [2.45, 2.75) is 25.7 Å². The van der Waals surface area contributed by atoms with Crippen LogP contribution in [0.5, 0.6) is 0 Å². The largest absolute Gasteiger partial charge is 0.481 e. The van der Waals surface area contributed by atoms with E-state index in [1.54, 1.807) is 0 Å². The lowest BCUT2D eigenvalue weighted by atomic mass is 10.3. The average molecular weight is 245 g/mol. The Kier molecular flexibility index (Phi) is 7.07. The second-order valence-electron chi connectivity index (χ2n) is 3.27. The molecule has 0 aromatic carbocycles. The van der Waals surface area contributed by atoms with Crippen molar-refractivity contribution in [1.29, 1.82) is 0 Å². The molecule has 5 N–H and O–H groups in total. The topological polar surface area (TPSA) is 139 Å². The Morgan fingerprint density at radius 2 is 1.71 bits per heavy atom. The van der Waals surface area contributed by atoms with E-state index in [-0.39, 0.29) is 25.8 Å². The third-order valence-corrected chi connectivity index (χ3v) is 1.70. The number of aliphatic carboxylic acids is 1. The molecule has 0 aliphatic rings. The molecule has 0 aromatic heterocycles. The highest BCUT2D eigenvalue weighted by Gasteiger charge is 2.08. The number of amides is 4. The van der Waals surface area contributed by atoms with Gasteiger partial charge in [-0.25, -0.2) is 4.79 Å². The summed E-state index contributed by atoms with van der Waals surface area (Å²) in [7, 11) is 0. The van der Waals surface area contributed by atoms with Gasteiger partial charge in [0.1, 0.15) is 0 Å². The number of rotatable bonds is 7. The third kappa shape index (κ3) is 10.2. The SMILES string of the molecule is NC(=O)CCCNC(=O)NC(=O)CCC(=O)O. The van der Waals surface area contributed by atoms with E-state index in [0.717, 1.165) is 0 Å². The summed E-state index contributed by atoms with van der Waals surface area (Å²) in [5, 5.41) is 12.6. The van der Waals surface area contributed by atoms with Crippen molar-refractivity contribution >= 4 is 23.8 Å². The minimum absolute atomic E-state index is 0.146. The van der Waals surface area contributed by atoms with E-state index in [1.165, 1.54) is 0 Å². The first-order chi connectivity index (χ1) is 7.91. The standard InChI is InChI=1S/C9H15N3O5/c10-6(13)2-1-5-11-9(17)12-7(14)3-4-8(15)16/h1-5H2,(H2,10,13)(H,15,16)(H2,11,12,14,17). The highest BCUT2D eigenvalue weighted by atomic mass is 16.4. The number of urea groups is 1. The van der Waals surface area contributed by atoms with Crippen molar-refractivity contribution in [2.75, 3.05) is 6.54 Å². The summed E-state index contributed by atoms with van der Waals surface area (Å²) in [5.41, 5.74) is 4.88. The van der Waals surface area contributed by atoms with Gasteiger partial charge >= 0.3 is 12.0 Å². The molecule has 0 saturated heterocycles. The molecule has 4 amide bonds. The van der Waals surface area contributed by atoms with Gasteiger partial charge in [0.2, 0.25) is 11.8 Å². The maximum atomic E-state index is 11.0. The molecule has 0 heterocycles. The lowest BCUT2D eigenvalue weighted by molar-refractivity contribution is -0.138. The molecule has 0 aromatic rings. The van der Waals surface area contributed by atoms with Crippen molar-refractivity contribution in [3.8, 4) is 0 Å². The van der Waals surface area contributed by atoms with E-state index in [1.807, 2.05) is 5.32 Å². The molecular weight excluding hydrogens is 230 g/mol. The number of nitrogens with one attached hydrogen (secondary N) is 2. The Bertz CT molecular complexity index is 316. The molecule has 0 bridgehead atoms. The van der Waals surface area contributed by atoms with Gasteiger partial charge in [0.05, 0.1) is 6.42 Å². The monoisotopic (exact) mass is 245 g/mol. The van der Waals surface area contributed by atoms with Gasteiger partial charge in [0.15, 0.2) is 0 Å². The molecule has 0 saturated carbocycles. The molecule has 0 rings (SSSR count). The Morgan fingerprint density at radius 3 is 2.24 bits per heavy atom. The van der Waals surface area contributed by atoms with Gasteiger partial charge in [-0.3, -0.25) is 19.7 Å². The predicted molar refractivity (Wildman–Crippen MR) is 56.8 cm³/mol. The fourth-order valence-corrected chi connectivity index (χ4v) is 0.918. The molecule has 0 radical (unpaired) electrons. The third-order valence-electron chi connectivity index (χ3n) is 1.70. The molecule has 0 aliphatic carbocycles. The van der Waals surface area contributed by atoms with Gasteiger partial charge < -0.3 is 16.2 Å². The number of carbonyl (C=O) groups is 4. The van der Waals surface area contributed by atoms with Gasteiger partial charge in [-0.1, -0.05) is 0 Å². The molecule has 96 valence electrons. The van der Waals surface area contributed by atoms with Crippen molar-refractivity contribution in [2.24, 2.45) is 5.73 Å². The van der Waals surface area contributed by atoms with E-state index in [9.17, 15) is 19.2 Å². The highest BCUT2D eigenvalue weighted by molar-refractivity contribution is 5.95. The second kappa shape index (κ2) is 8.08. The number of primary amides is 1. The number of hydrogen-bond acceptors (Lipinski definition) is 4. The quantitative estimate of drug-likeness (QED) is 0.423. The van der Waals surface area contributed by atoms with Crippen molar-refractivity contribution in [1.82, 2.24) is 10.6 Å². The van der Waals surface area contributed by atoms with Crippen molar-refractivity contribution in [3.63, 3.8) is 0 Å². The van der Waals surface area contributed by atoms with Crippen molar-refractivity contribution in [3.05, 3.63) is 0 Å². The van der Waals surface area contributed by atoms with Crippen LogP contribution in [-0.2, 0) is 14.4 Å².